The number of ether oxygens (including phenoxy) is 2. The minimum Gasteiger partial charge on any atom is -0.497 e. The fourth-order valence-electron chi connectivity index (χ4n) is 6.27. The number of likely N-dealkylation sites (tertiary alicyclic amines) is 1. The van der Waals surface area contributed by atoms with Gasteiger partial charge in [-0.15, -0.1) is 11.8 Å². The Morgan fingerprint density at radius 3 is 2.64 bits per heavy atom. The normalized spacial score (nSPS) is 18.6. The molecule has 0 unspecified atom stereocenters. The van der Waals surface area contributed by atoms with Gasteiger partial charge in [-0.3, -0.25) is 14.7 Å². The lowest BCUT2D eigenvalue weighted by molar-refractivity contribution is -0.141. The predicted molar refractivity (Wildman–Crippen MR) is 164 cm³/mol. The molecule has 2 saturated heterocycles. The highest BCUT2D eigenvalue weighted by molar-refractivity contribution is 7.99. The molecule has 2 aliphatic heterocycles. The Bertz CT molecular complexity index is 1310. The first-order valence-electron chi connectivity index (χ1n) is 14.9. The van der Waals surface area contributed by atoms with Crippen molar-refractivity contribution in [2.24, 2.45) is 5.41 Å². The third-order valence-corrected chi connectivity index (χ3v) is 9.64. The maximum Gasteiger partial charge on any atom is 0.303 e. The third kappa shape index (κ3) is 7.99. The number of aliphatic carboxylic acids is 1. The van der Waals surface area contributed by atoms with Gasteiger partial charge in [0.1, 0.15) is 5.75 Å². The van der Waals surface area contributed by atoms with Gasteiger partial charge in [0.15, 0.2) is 0 Å². The molecule has 5 rings (SSSR count). The van der Waals surface area contributed by atoms with E-state index in [-0.39, 0.29) is 11.8 Å². The number of thioether (sulfide) groups is 1. The summed E-state index contributed by atoms with van der Waals surface area (Å²) in [6.07, 6.45) is 5.86. The number of benzene rings is 1. The number of methoxy groups -OCH3 is 1. The van der Waals surface area contributed by atoms with Gasteiger partial charge in [-0.1, -0.05) is 6.07 Å². The van der Waals surface area contributed by atoms with Crippen LogP contribution in [0.3, 0.4) is 0 Å². The summed E-state index contributed by atoms with van der Waals surface area (Å²) in [5, 5.41) is 23.5. The SMILES string of the molecule is COc1ccc2ncc(CN3CCOCC3)c([C@H](O)CCC3(CC(=O)O)CCN(CCSc4ccccn4)CC3)c2c1. The largest absolute Gasteiger partial charge is 0.497 e. The zero-order valence-corrected chi connectivity index (χ0v) is 25.2. The number of fused-ring (bicyclic) bond motifs is 1. The van der Waals surface area contributed by atoms with E-state index in [1.807, 2.05) is 48.8 Å². The molecule has 0 amide bonds. The van der Waals surface area contributed by atoms with Crippen molar-refractivity contribution in [3.63, 3.8) is 0 Å². The van der Waals surface area contributed by atoms with Gasteiger partial charge < -0.3 is 24.6 Å². The fourth-order valence-corrected chi connectivity index (χ4v) is 7.13. The van der Waals surface area contributed by atoms with Crippen molar-refractivity contribution >= 4 is 28.6 Å². The second-order valence-electron chi connectivity index (χ2n) is 11.5. The van der Waals surface area contributed by atoms with Crippen molar-refractivity contribution in [1.82, 2.24) is 19.8 Å². The number of aromatic nitrogens is 2. The van der Waals surface area contributed by atoms with Crippen LogP contribution in [-0.4, -0.2) is 94.8 Å². The number of carboxylic acid groups (broad SMARTS) is 1. The van der Waals surface area contributed by atoms with E-state index in [4.69, 9.17) is 14.5 Å². The van der Waals surface area contributed by atoms with Crippen LogP contribution in [0.2, 0.25) is 0 Å². The van der Waals surface area contributed by atoms with Gasteiger partial charge in [-0.05, 0) is 85.6 Å². The molecule has 2 aromatic heterocycles. The van der Waals surface area contributed by atoms with Gasteiger partial charge in [-0.2, -0.15) is 0 Å². The van der Waals surface area contributed by atoms with E-state index in [9.17, 15) is 15.0 Å². The second kappa shape index (κ2) is 14.6. The molecule has 0 bridgehead atoms. The maximum absolute atomic E-state index is 12.0. The quantitative estimate of drug-likeness (QED) is 0.272. The Labute approximate surface area is 252 Å². The molecule has 9 nitrogen and oxygen atoms in total. The fraction of sp³-hybridized carbons (Fsp3) is 0.531. The molecule has 1 aromatic carbocycles. The third-order valence-electron chi connectivity index (χ3n) is 8.72. The van der Waals surface area contributed by atoms with Gasteiger partial charge in [0.25, 0.3) is 0 Å². The molecule has 2 aliphatic rings. The molecule has 2 N–H and O–H groups in total. The molecule has 4 heterocycles. The van der Waals surface area contributed by atoms with Crippen molar-refractivity contribution in [3.8, 4) is 5.75 Å². The van der Waals surface area contributed by atoms with Gasteiger partial charge in [-0.25, -0.2) is 4.98 Å². The minimum atomic E-state index is -0.768. The monoisotopic (exact) mass is 594 g/mol. The Morgan fingerprint density at radius 1 is 1.12 bits per heavy atom. The van der Waals surface area contributed by atoms with Crippen LogP contribution in [0.25, 0.3) is 10.9 Å². The molecule has 1 atom stereocenters. The Morgan fingerprint density at radius 2 is 1.93 bits per heavy atom. The van der Waals surface area contributed by atoms with E-state index in [1.54, 1.807) is 18.9 Å². The molecule has 42 heavy (non-hydrogen) atoms. The molecule has 3 aromatic rings. The summed E-state index contributed by atoms with van der Waals surface area (Å²) in [6, 6.07) is 11.7. The highest BCUT2D eigenvalue weighted by atomic mass is 32.2. The predicted octanol–water partition coefficient (Wildman–Crippen LogP) is 4.63. The molecule has 2 fully saturated rings. The van der Waals surface area contributed by atoms with E-state index in [0.717, 1.165) is 84.1 Å². The van der Waals surface area contributed by atoms with Crippen LogP contribution in [-0.2, 0) is 16.1 Å². The highest BCUT2D eigenvalue weighted by Gasteiger charge is 2.37. The standard InChI is InChI=1S/C32H42N4O5S/c1-40-25-5-6-27-26(20-25)31(24(22-34-27)23-36-14-17-41-18-15-36)28(37)7-8-32(21-30(38)39)9-12-35(13-10-32)16-19-42-29-4-2-3-11-33-29/h2-6,11,20,22,28,37H,7-10,12-19,21,23H2,1H3,(H,38,39)/t28-/m1/s1. The number of aliphatic hydroxyl groups is 1. The van der Waals surface area contributed by atoms with E-state index < -0.39 is 12.1 Å². The zero-order valence-electron chi connectivity index (χ0n) is 24.4. The molecular weight excluding hydrogens is 552 g/mol. The minimum absolute atomic E-state index is 0.127. The lowest BCUT2D eigenvalue weighted by Crippen LogP contribution is -2.42. The second-order valence-corrected chi connectivity index (χ2v) is 12.6. The number of morpholine rings is 1. The van der Waals surface area contributed by atoms with E-state index in [2.05, 4.69) is 14.8 Å². The highest BCUT2D eigenvalue weighted by Crippen LogP contribution is 2.42. The summed E-state index contributed by atoms with van der Waals surface area (Å²) in [7, 11) is 1.64. The van der Waals surface area contributed by atoms with Crippen LogP contribution in [0.1, 0.15) is 49.3 Å². The van der Waals surface area contributed by atoms with Crippen LogP contribution in [0.15, 0.2) is 53.8 Å². The van der Waals surface area contributed by atoms with Crippen LogP contribution in [0.4, 0.5) is 0 Å². The molecule has 10 heteroatoms. The number of nitrogens with zero attached hydrogens (tertiary/aromatic N) is 4. The number of hydrogen-bond donors (Lipinski definition) is 2. The van der Waals surface area contributed by atoms with Crippen LogP contribution in [0, 0.1) is 5.41 Å². The Balaban J connectivity index is 1.28. The average molecular weight is 595 g/mol. The number of piperidine rings is 1. The number of hydrogen-bond acceptors (Lipinski definition) is 9. The average Bonchev–Trinajstić information content (AvgIpc) is 3.01. The first-order chi connectivity index (χ1) is 20.4. The maximum atomic E-state index is 12.0. The number of carbonyl (C=O) groups is 1. The van der Waals surface area contributed by atoms with Crippen LogP contribution in [0.5, 0.6) is 5.75 Å². The zero-order chi connectivity index (χ0) is 29.4. The van der Waals surface area contributed by atoms with Crippen molar-refractivity contribution in [2.75, 3.05) is 58.8 Å². The molecule has 0 aliphatic carbocycles. The summed E-state index contributed by atoms with van der Waals surface area (Å²) in [6.45, 7) is 6.43. The van der Waals surface area contributed by atoms with Gasteiger partial charge in [0, 0.05) is 49.7 Å². The molecule has 0 radical (unpaired) electrons. The Hall–Kier alpha value is -2.76. The number of aliphatic hydroxyl groups excluding tert-OH is 1. The van der Waals surface area contributed by atoms with E-state index in [0.29, 0.717) is 32.6 Å². The summed E-state index contributed by atoms with van der Waals surface area (Å²) in [5.74, 6) is 0.902. The topological polar surface area (TPSA) is 108 Å². The molecule has 0 spiro atoms. The first-order valence-corrected chi connectivity index (χ1v) is 15.8. The van der Waals surface area contributed by atoms with Gasteiger partial charge >= 0.3 is 5.97 Å². The number of pyridine rings is 2. The van der Waals surface area contributed by atoms with E-state index in [1.165, 1.54) is 0 Å². The van der Waals surface area contributed by atoms with Crippen molar-refractivity contribution in [3.05, 3.63) is 59.9 Å². The van der Waals surface area contributed by atoms with Crippen LogP contribution < -0.4 is 4.74 Å². The smallest absolute Gasteiger partial charge is 0.303 e. The molecule has 226 valence electrons. The molecule has 0 saturated carbocycles. The summed E-state index contributed by atoms with van der Waals surface area (Å²) >= 11 is 1.75. The lowest BCUT2D eigenvalue weighted by Gasteiger charge is -2.41. The van der Waals surface area contributed by atoms with Crippen molar-refractivity contribution in [1.29, 1.82) is 0 Å². The molecular formula is C32H42N4O5S. The summed E-state index contributed by atoms with van der Waals surface area (Å²) < 4.78 is 11.0. The number of rotatable bonds is 13. The van der Waals surface area contributed by atoms with Gasteiger partial charge in [0.2, 0.25) is 0 Å². The first kappa shape index (κ1) is 30.7. The van der Waals surface area contributed by atoms with Gasteiger partial charge in [0.05, 0.1) is 43.4 Å². The van der Waals surface area contributed by atoms with E-state index >= 15 is 0 Å². The Kier molecular flexibility index (Phi) is 10.7. The lowest BCUT2D eigenvalue weighted by atomic mass is 9.71. The van der Waals surface area contributed by atoms with Crippen molar-refractivity contribution in [2.45, 2.75) is 49.8 Å². The summed E-state index contributed by atoms with van der Waals surface area (Å²) in [5.41, 5.74) is 2.35. The van der Waals surface area contributed by atoms with Crippen molar-refractivity contribution < 1.29 is 24.5 Å². The summed E-state index contributed by atoms with van der Waals surface area (Å²) in [4.78, 5) is 25.8. The van der Waals surface area contributed by atoms with Crippen LogP contribution >= 0.6 is 11.8 Å². The number of carboxylic acids is 1.